The van der Waals surface area contributed by atoms with Gasteiger partial charge in [-0.2, -0.15) is 0 Å². The Morgan fingerprint density at radius 2 is 1.84 bits per heavy atom. The Kier molecular flexibility index (Phi) is 4.34. The van der Waals surface area contributed by atoms with Crippen LogP contribution in [-0.2, 0) is 17.8 Å². The van der Waals surface area contributed by atoms with E-state index in [1.807, 2.05) is 42.5 Å². The zero-order valence-electron chi connectivity index (χ0n) is 14.7. The third-order valence-corrected chi connectivity index (χ3v) is 5.81. The fraction of sp³-hybridized carbons (Fsp3) is 0.409. The maximum absolute atomic E-state index is 13.1. The van der Waals surface area contributed by atoms with Crippen molar-refractivity contribution in [1.82, 2.24) is 0 Å². The molecule has 2 aromatic carbocycles. The van der Waals surface area contributed by atoms with Gasteiger partial charge in [-0.3, -0.25) is 4.79 Å². The fourth-order valence-corrected chi connectivity index (χ4v) is 4.27. The summed E-state index contributed by atoms with van der Waals surface area (Å²) in [4.78, 5) is 13.1. The van der Waals surface area contributed by atoms with E-state index < -0.39 is 0 Å². The van der Waals surface area contributed by atoms with Crippen molar-refractivity contribution in [1.29, 1.82) is 0 Å². The average Bonchev–Trinajstić information content (AvgIpc) is 2.93. The van der Waals surface area contributed by atoms with Crippen molar-refractivity contribution in [2.75, 3.05) is 7.11 Å². The van der Waals surface area contributed by atoms with E-state index in [2.05, 4.69) is 6.07 Å². The Hall–Kier alpha value is -2.13. The molecule has 0 N–H and O–H groups in total. The number of carbonyl (C=O) groups is 1. The molecule has 0 saturated heterocycles. The second kappa shape index (κ2) is 6.64. The van der Waals surface area contributed by atoms with Crippen molar-refractivity contribution in [3.8, 4) is 5.75 Å². The molecule has 1 fully saturated rings. The summed E-state index contributed by atoms with van der Waals surface area (Å²) in [5, 5.41) is 0. The Balaban J connectivity index is 1.49. The molecule has 0 bridgehead atoms. The molecule has 1 saturated carbocycles. The quantitative estimate of drug-likeness (QED) is 0.820. The standard InChI is InChI=1S/C22H24O3/c1-24-18-9-11-22(12-10-18)14-17-7-8-19(13-20(17)21(22)23)25-15-16-5-3-2-4-6-16/h2-8,13,18H,9-12,14-15H2,1H3. The average molecular weight is 336 g/mol. The molecule has 2 aliphatic carbocycles. The van der Waals surface area contributed by atoms with Gasteiger partial charge in [-0.05, 0) is 55.4 Å². The second-order valence-corrected chi connectivity index (χ2v) is 7.31. The number of carbonyl (C=O) groups excluding carboxylic acids is 1. The first-order chi connectivity index (χ1) is 12.2. The van der Waals surface area contributed by atoms with Gasteiger partial charge in [0.15, 0.2) is 5.78 Å². The lowest BCUT2D eigenvalue weighted by molar-refractivity contribution is 0.0285. The third kappa shape index (κ3) is 3.09. The smallest absolute Gasteiger partial charge is 0.169 e. The lowest BCUT2D eigenvalue weighted by Crippen LogP contribution is -2.35. The molecular formula is C22H24O3. The molecule has 2 aliphatic rings. The van der Waals surface area contributed by atoms with Gasteiger partial charge in [0.2, 0.25) is 0 Å². The van der Waals surface area contributed by atoms with E-state index in [9.17, 15) is 4.79 Å². The van der Waals surface area contributed by atoms with Crippen molar-refractivity contribution in [3.63, 3.8) is 0 Å². The van der Waals surface area contributed by atoms with Gasteiger partial charge >= 0.3 is 0 Å². The van der Waals surface area contributed by atoms with Crippen LogP contribution in [0, 0.1) is 5.41 Å². The van der Waals surface area contributed by atoms with Crippen LogP contribution in [0.2, 0.25) is 0 Å². The minimum atomic E-state index is -0.199. The van der Waals surface area contributed by atoms with Crippen molar-refractivity contribution in [2.45, 2.75) is 44.8 Å². The summed E-state index contributed by atoms with van der Waals surface area (Å²) in [5.41, 5.74) is 2.97. The summed E-state index contributed by atoms with van der Waals surface area (Å²) in [6.07, 6.45) is 5.00. The number of hydrogen-bond acceptors (Lipinski definition) is 3. The molecule has 0 aromatic heterocycles. The Labute approximate surface area is 149 Å². The maximum Gasteiger partial charge on any atom is 0.169 e. The highest BCUT2D eigenvalue weighted by molar-refractivity contribution is 6.05. The number of ketones is 1. The summed E-state index contributed by atoms with van der Waals surface area (Å²) in [5.74, 6) is 1.08. The van der Waals surface area contributed by atoms with Gasteiger partial charge in [0.05, 0.1) is 6.10 Å². The van der Waals surface area contributed by atoms with Crippen molar-refractivity contribution < 1.29 is 14.3 Å². The number of rotatable bonds is 4. The molecule has 0 unspecified atom stereocenters. The van der Waals surface area contributed by atoms with E-state index in [1.165, 1.54) is 5.56 Å². The molecule has 0 radical (unpaired) electrons. The molecular weight excluding hydrogens is 312 g/mol. The van der Waals surface area contributed by atoms with E-state index in [4.69, 9.17) is 9.47 Å². The summed E-state index contributed by atoms with van der Waals surface area (Å²) in [6.45, 7) is 0.522. The Bertz CT molecular complexity index is 758. The second-order valence-electron chi connectivity index (χ2n) is 7.31. The molecule has 0 heterocycles. The van der Waals surface area contributed by atoms with Crippen LogP contribution in [-0.4, -0.2) is 19.0 Å². The number of Topliss-reactive ketones (excluding diaryl/α,β-unsaturated/α-hetero) is 1. The summed E-state index contributed by atoms with van der Waals surface area (Å²) < 4.78 is 11.4. The highest BCUT2D eigenvalue weighted by Gasteiger charge is 2.47. The van der Waals surface area contributed by atoms with Gasteiger partial charge in [0, 0.05) is 18.1 Å². The number of ether oxygens (including phenoxy) is 2. The first-order valence-corrected chi connectivity index (χ1v) is 9.07. The van der Waals surface area contributed by atoms with E-state index in [1.54, 1.807) is 7.11 Å². The summed E-state index contributed by atoms with van der Waals surface area (Å²) in [7, 11) is 1.77. The molecule has 2 aromatic rings. The predicted molar refractivity (Wildman–Crippen MR) is 96.9 cm³/mol. The molecule has 130 valence electrons. The molecule has 4 rings (SSSR count). The van der Waals surface area contributed by atoms with Crippen molar-refractivity contribution >= 4 is 5.78 Å². The molecule has 1 spiro atoms. The van der Waals surface area contributed by atoms with E-state index in [-0.39, 0.29) is 5.41 Å². The maximum atomic E-state index is 13.1. The summed E-state index contributed by atoms with van der Waals surface area (Å²) in [6, 6.07) is 16.1. The normalized spacial score (nSPS) is 25.2. The third-order valence-electron chi connectivity index (χ3n) is 5.81. The molecule has 0 amide bonds. The van der Waals surface area contributed by atoms with Crippen LogP contribution in [0.25, 0.3) is 0 Å². The van der Waals surface area contributed by atoms with Crippen molar-refractivity contribution in [2.24, 2.45) is 5.41 Å². The van der Waals surface area contributed by atoms with Gasteiger partial charge in [0.25, 0.3) is 0 Å². The zero-order valence-corrected chi connectivity index (χ0v) is 14.7. The number of methoxy groups -OCH3 is 1. The van der Waals surface area contributed by atoms with Crippen LogP contribution in [0.1, 0.15) is 47.2 Å². The number of fused-ring (bicyclic) bond motifs is 1. The molecule has 25 heavy (non-hydrogen) atoms. The monoisotopic (exact) mass is 336 g/mol. The zero-order chi connectivity index (χ0) is 17.3. The number of hydrogen-bond donors (Lipinski definition) is 0. The lowest BCUT2D eigenvalue weighted by Gasteiger charge is -2.35. The Morgan fingerprint density at radius 3 is 2.56 bits per heavy atom. The van der Waals surface area contributed by atoms with Crippen molar-refractivity contribution in [3.05, 3.63) is 65.2 Å². The Morgan fingerprint density at radius 1 is 1.08 bits per heavy atom. The van der Waals surface area contributed by atoms with Gasteiger partial charge in [-0.1, -0.05) is 36.4 Å². The van der Waals surface area contributed by atoms with E-state index in [0.717, 1.165) is 49.0 Å². The van der Waals surface area contributed by atoms with Crippen LogP contribution in [0.15, 0.2) is 48.5 Å². The first-order valence-electron chi connectivity index (χ1n) is 9.07. The number of benzene rings is 2. The largest absolute Gasteiger partial charge is 0.489 e. The van der Waals surface area contributed by atoms with E-state index in [0.29, 0.717) is 18.5 Å². The lowest BCUT2D eigenvalue weighted by atomic mass is 9.70. The molecule has 0 atom stereocenters. The molecule has 3 nitrogen and oxygen atoms in total. The van der Waals surface area contributed by atoms with Crippen LogP contribution in [0.4, 0.5) is 0 Å². The van der Waals surface area contributed by atoms with Gasteiger partial charge in [-0.25, -0.2) is 0 Å². The topological polar surface area (TPSA) is 35.5 Å². The van der Waals surface area contributed by atoms with Crippen LogP contribution >= 0.6 is 0 Å². The molecule has 3 heteroatoms. The minimum Gasteiger partial charge on any atom is -0.489 e. The van der Waals surface area contributed by atoms with Gasteiger partial charge in [-0.15, -0.1) is 0 Å². The SMILES string of the molecule is COC1CCC2(CC1)Cc1ccc(OCc3ccccc3)cc1C2=O. The van der Waals surface area contributed by atoms with Gasteiger partial charge in [0.1, 0.15) is 12.4 Å². The summed E-state index contributed by atoms with van der Waals surface area (Å²) >= 11 is 0. The van der Waals surface area contributed by atoms with Gasteiger partial charge < -0.3 is 9.47 Å². The predicted octanol–water partition coefficient (Wildman–Crippen LogP) is 4.58. The van der Waals surface area contributed by atoms with E-state index >= 15 is 0 Å². The first kappa shape index (κ1) is 16.3. The fourth-order valence-electron chi connectivity index (χ4n) is 4.27. The van der Waals surface area contributed by atoms with Crippen LogP contribution in [0.5, 0.6) is 5.75 Å². The molecule has 0 aliphatic heterocycles. The van der Waals surface area contributed by atoms with Crippen LogP contribution in [0.3, 0.4) is 0 Å². The minimum absolute atomic E-state index is 0.199. The van der Waals surface area contributed by atoms with Crippen LogP contribution < -0.4 is 4.74 Å². The highest BCUT2D eigenvalue weighted by Crippen LogP contribution is 2.48. The highest BCUT2D eigenvalue weighted by atomic mass is 16.5.